The van der Waals surface area contributed by atoms with Crippen LogP contribution in [0.15, 0.2) is 30.5 Å². The van der Waals surface area contributed by atoms with Gasteiger partial charge in [-0.2, -0.15) is 0 Å². The average molecular weight is 259 g/mol. The molecule has 1 aromatic rings. The van der Waals surface area contributed by atoms with E-state index in [-0.39, 0.29) is 12.6 Å². The van der Waals surface area contributed by atoms with Gasteiger partial charge in [-0.1, -0.05) is 0 Å². The summed E-state index contributed by atoms with van der Waals surface area (Å²) in [5.74, 6) is 1.36. The third kappa shape index (κ3) is 2.72. The normalized spacial score (nSPS) is 18.0. The molecule has 0 aromatic heterocycles. The topological polar surface area (TPSA) is 38.8 Å². The lowest BCUT2D eigenvalue weighted by atomic mass is 10.1. The van der Waals surface area contributed by atoms with E-state index in [0.29, 0.717) is 17.1 Å². The summed E-state index contributed by atoms with van der Waals surface area (Å²) in [6.07, 6.45) is 7.26. The van der Waals surface area contributed by atoms with Crippen molar-refractivity contribution in [2.75, 3.05) is 19.9 Å². The molecule has 0 atom stereocenters. The summed E-state index contributed by atoms with van der Waals surface area (Å²) in [7, 11) is 0. The second kappa shape index (κ2) is 5.34. The van der Waals surface area contributed by atoms with Crippen molar-refractivity contribution < 1.29 is 14.3 Å². The summed E-state index contributed by atoms with van der Waals surface area (Å²) in [5.41, 5.74) is 0.637. The van der Waals surface area contributed by atoms with Crippen LogP contribution in [0.1, 0.15) is 29.6 Å². The summed E-state index contributed by atoms with van der Waals surface area (Å²) in [5, 5.41) is 0. The number of benzene rings is 1. The molecule has 4 nitrogen and oxygen atoms in total. The van der Waals surface area contributed by atoms with Gasteiger partial charge >= 0.3 is 0 Å². The van der Waals surface area contributed by atoms with Gasteiger partial charge in [-0.3, -0.25) is 4.79 Å². The molecular formula is C15H17NO3. The highest BCUT2D eigenvalue weighted by atomic mass is 16.7. The molecule has 19 heavy (non-hydrogen) atoms. The van der Waals surface area contributed by atoms with Crippen molar-refractivity contribution in [3.8, 4) is 11.5 Å². The van der Waals surface area contributed by atoms with Crippen LogP contribution in [0.3, 0.4) is 0 Å². The highest BCUT2D eigenvalue weighted by molar-refractivity contribution is 6.04. The minimum absolute atomic E-state index is 0.00359. The standard InChI is InChI=1S/C15H17NO3/c17-13(6-9-16-7-2-1-3-8-16)12-4-5-14-15(10-12)19-11-18-14/h4-6,9-10H,1-3,7-8,11H2/b9-6+. The fourth-order valence-electron chi connectivity index (χ4n) is 2.39. The van der Waals surface area contributed by atoms with E-state index in [1.807, 2.05) is 6.20 Å². The Labute approximate surface area is 112 Å². The third-order valence-corrected chi connectivity index (χ3v) is 3.48. The second-order valence-electron chi connectivity index (χ2n) is 4.84. The highest BCUT2D eigenvalue weighted by Gasteiger charge is 2.15. The first-order chi connectivity index (χ1) is 9.33. The molecule has 0 N–H and O–H groups in total. The Hall–Kier alpha value is -1.97. The predicted molar refractivity (Wildman–Crippen MR) is 71.5 cm³/mol. The first kappa shape index (κ1) is 12.1. The van der Waals surface area contributed by atoms with Gasteiger partial charge in [0.2, 0.25) is 6.79 Å². The van der Waals surface area contributed by atoms with Gasteiger partial charge in [-0.25, -0.2) is 0 Å². The minimum atomic E-state index is 0.00359. The average Bonchev–Trinajstić information content (AvgIpc) is 2.93. The number of rotatable bonds is 3. The zero-order chi connectivity index (χ0) is 13.1. The van der Waals surface area contributed by atoms with Gasteiger partial charge in [0, 0.05) is 30.9 Å². The lowest BCUT2D eigenvalue weighted by Crippen LogP contribution is -2.24. The molecule has 100 valence electrons. The Balaban J connectivity index is 1.68. The van der Waals surface area contributed by atoms with Gasteiger partial charge < -0.3 is 14.4 Å². The number of nitrogens with zero attached hydrogens (tertiary/aromatic N) is 1. The summed E-state index contributed by atoms with van der Waals surface area (Å²) in [6.45, 7) is 2.33. The van der Waals surface area contributed by atoms with E-state index in [2.05, 4.69) is 4.90 Å². The lowest BCUT2D eigenvalue weighted by Gasteiger charge is -2.24. The fourth-order valence-corrected chi connectivity index (χ4v) is 2.39. The van der Waals surface area contributed by atoms with E-state index < -0.39 is 0 Å². The maximum absolute atomic E-state index is 12.1. The Morgan fingerprint density at radius 3 is 2.74 bits per heavy atom. The molecule has 0 radical (unpaired) electrons. The Bertz CT molecular complexity index is 504. The number of allylic oxidation sites excluding steroid dienone is 1. The quantitative estimate of drug-likeness (QED) is 0.618. The van der Waals surface area contributed by atoms with Crippen LogP contribution in [0.2, 0.25) is 0 Å². The van der Waals surface area contributed by atoms with Crippen LogP contribution in [-0.2, 0) is 0 Å². The Morgan fingerprint density at radius 2 is 1.89 bits per heavy atom. The van der Waals surface area contributed by atoms with Gasteiger partial charge in [0.25, 0.3) is 0 Å². The second-order valence-corrected chi connectivity index (χ2v) is 4.84. The predicted octanol–water partition coefficient (Wildman–Crippen LogP) is 2.60. The van der Waals surface area contributed by atoms with Crippen molar-refractivity contribution in [1.29, 1.82) is 0 Å². The minimum Gasteiger partial charge on any atom is -0.454 e. The molecule has 1 saturated heterocycles. The zero-order valence-corrected chi connectivity index (χ0v) is 10.8. The molecular weight excluding hydrogens is 242 g/mol. The van der Waals surface area contributed by atoms with E-state index in [0.717, 1.165) is 13.1 Å². The SMILES string of the molecule is O=C(/C=C/N1CCCCC1)c1ccc2c(c1)OCO2. The lowest BCUT2D eigenvalue weighted by molar-refractivity contribution is 0.104. The van der Waals surface area contributed by atoms with E-state index >= 15 is 0 Å². The van der Waals surface area contributed by atoms with Crippen LogP contribution in [-0.4, -0.2) is 30.6 Å². The summed E-state index contributed by atoms with van der Waals surface area (Å²) < 4.78 is 10.5. The van der Waals surface area contributed by atoms with Gasteiger partial charge in [-0.05, 0) is 37.5 Å². The number of hydrogen-bond donors (Lipinski definition) is 0. The van der Waals surface area contributed by atoms with Gasteiger partial charge in [0.1, 0.15) is 0 Å². The molecule has 0 unspecified atom stereocenters. The number of ketones is 1. The molecule has 4 heteroatoms. The zero-order valence-electron chi connectivity index (χ0n) is 10.8. The molecule has 1 fully saturated rings. The number of piperidine rings is 1. The summed E-state index contributed by atoms with van der Waals surface area (Å²) in [4.78, 5) is 14.3. The largest absolute Gasteiger partial charge is 0.454 e. The van der Waals surface area contributed by atoms with Crippen LogP contribution < -0.4 is 9.47 Å². The number of ether oxygens (including phenoxy) is 2. The van der Waals surface area contributed by atoms with Crippen molar-refractivity contribution in [1.82, 2.24) is 4.90 Å². The van der Waals surface area contributed by atoms with Crippen molar-refractivity contribution in [2.24, 2.45) is 0 Å². The highest BCUT2D eigenvalue weighted by Crippen LogP contribution is 2.32. The van der Waals surface area contributed by atoms with Crippen LogP contribution >= 0.6 is 0 Å². The Morgan fingerprint density at radius 1 is 1.11 bits per heavy atom. The van der Waals surface area contributed by atoms with E-state index in [4.69, 9.17) is 9.47 Å². The maximum atomic E-state index is 12.1. The van der Waals surface area contributed by atoms with Crippen molar-refractivity contribution in [3.63, 3.8) is 0 Å². The van der Waals surface area contributed by atoms with Gasteiger partial charge in [-0.15, -0.1) is 0 Å². The number of hydrogen-bond acceptors (Lipinski definition) is 4. The van der Waals surface area contributed by atoms with Gasteiger partial charge in [0.05, 0.1) is 0 Å². The van der Waals surface area contributed by atoms with E-state index in [1.165, 1.54) is 19.3 Å². The summed E-state index contributed by atoms with van der Waals surface area (Å²) in [6, 6.07) is 5.30. The first-order valence-electron chi connectivity index (χ1n) is 6.69. The van der Waals surface area contributed by atoms with Crippen LogP contribution in [0, 0.1) is 0 Å². The first-order valence-corrected chi connectivity index (χ1v) is 6.69. The van der Waals surface area contributed by atoms with Crippen LogP contribution in [0.25, 0.3) is 0 Å². The van der Waals surface area contributed by atoms with Crippen molar-refractivity contribution in [2.45, 2.75) is 19.3 Å². The molecule has 0 amide bonds. The smallest absolute Gasteiger partial charge is 0.231 e. The molecule has 0 saturated carbocycles. The van der Waals surface area contributed by atoms with Crippen LogP contribution in [0.4, 0.5) is 0 Å². The molecule has 2 heterocycles. The fraction of sp³-hybridized carbons (Fsp3) is 0.400. The third-order valence-electron chi connectivity index (χ3n) is 3.48. The monoisotopic (exact) mass is 259 g/mol. The maximum Gasteiger partial charge on any atom is 0.231 e. The molecule has 2 aliphatic rings. The molecule has 0 aliphatic carbocycles. The number of carbonyl (C=O) groups excluding carboxylic acids is 1. The molecule has 2 aliphatic heterocycles. The number of carbonyl (C=O) groups is 1. The van der Waals surface area contributed by atoms with Gasteiger partial charge in [0.15, 0.2) is 17.3 Å². The van der Waals surface area contributed by atoms with Crippen molar-refractivity contribution in [3.05, 3.63) is 36.0 Å². The molecule has 0 bridgehead atoms. The number of likely N-dealkylation sites (tertiary alicyclic amines) is 1. The molecule has 3 rings (SSSR count). The molecule has 0 spiro atoms. The summed E-state index contributed by atoms with van der Waals surface area (Å²) >= 11 is 0. The van der Waals surface area contributed by atoms with E-state index in [9.17, 15) is 4.79 Å². The van der Waals surface area contributed by atoms with Crippen molar-refractivity contribution >= 4 is 5.78 Å². The number of fused-ring (bicyclic) bond motifs is 1. The van der Waals surface area contributed by atoms with E-state index in [1.54, 1.807) is 24.3 Å². The molecule has 1 aromatic carbocycles. The van der Waals surface area contributed by atoms with Crippen LogP contribution in [0.5, 0.6) is 11.5 Å². The Kier molecular flexibility index (Phi) is 3.40.